The standard InChI is InChI=1S/C9H14N2O4/c10-6(12)2-1-5-11-7(13)9(3-4-9)8(14)15/h1-5H2,(H2,10,12)(H,11,13)(H,14,15). The van der Waals surface area contributed by atoms with Gasteiger partial charge in [-0.3, -0.25) is 14.4 Å². The van der Waals surface area contributed by atoms with Gasteiger partial charge in [0.05, 0.1) is 0 Å². The van der Waals surface area contributed by atoms with Crippen LogP contribution >= 0.6 is 0 Å². The first kappa shape index (κ1) is 11.5. The predicted octanol–water partition coefficient (Wildman–Crippen LogP) is -0.767. The Hall–Kier alpha value is -1.59. The molecule has 0 bridgehead atoms. The smallest absolute Gasteiger partial charge is 0.319 e. The minimum atomic E-state index is -1.20. The molecule has 0 radical (unpaired) electrons. The molecule has 6 heteroatoms. The largest absolute Gasteiger partial charge is 0.480 e. The molecule has 0 aliphatic heterocycles. The summed E-state index contributed by atoms with van der Waals surface area (Å²) in [4.78, 5) is 32.5. The highest BCUT2D eigenvalue weighted by atomic mass is 16.4. The maximum atomic E-state index is 11.4. The topological polar surface area (TPSA) is 109 Å². The molecule has 0 atom stereocenters. The Morgan fingerprint density at radius 1 is 1.33 bits per heavy atom. The Labute approximate surface area is 86.8 Å². The zero-order chi connectivity index (χ0) is 11.5. The average molecular weight is 214 g/mol. The number of hydrogen-bond donors (Lipinski definition) is 3. The van der Waals surface area contributed by atoms with E-state index in [9.17, 15) is 14.4 Å². The van der Waals surface area contributed by atoms with Crippen molar-refractivity contribution in [1.29, 1.82) is 0 Å². The van der Waals surface area contributed by atoms with Gasteiger partial charge in [0, 0.05) is 13.0 Å². The monoisotopic (exact) mass is 214 g/mol. The van der Waals surface area contributed by atoms with Crippen LogP contribution < -0.4 is 11.1 Å². The molecule has 6 nitrogen and oxygen atoms in total. The molecule has 0 spiro atoms. The lowest BCUT2D eigenvalue weighted by molar-refractivity contribution is -0.149. The van der Waals surface area contributed by atoms with E-state index in [1.54, 1.807) is 0 Å². The first-order valence-electron chi connectivity index (χ1n) is 4.79. The third-order valence-corrected chi connectivity index (χ3v) is 2.48. The van der Waals surface area contributed by atoms with Crippen molar-refractivity contribution in [3.05, 3.63) is 0 Å². The summed E-state index contributed by atoms with van der Waals surface area (Å²) in [6.45, 7) is 0.288. The Balaban J connectivity index is 2.25. The lowest BCUT2D eigenvalue weighted by atomic mass is 10.1. The third kappa shape index (κ3) is 2.68. The van der Waals surface area contributed by atoms with E-state index < -0.39 is 23.2 Å². The van der Waals surface area contributed by atoms with E-state index in [-0.39, 0.29) is 13.0 Å². The molecular formula is C9H14N2O4. The van der Waals surface area contributed by atoms with Crippen molar-refractivity contribution in [2.45, 2.75) is 25.7 Å². The predicted molar refractivity (Wildman–Crippen MR) is 50.7 cm³/mol. The van der Waals surface area contributed by atoms with Crippen molar-refractivity contribution in [2.75, 3.05) is 6.54 Å². The average Bonchev–Trinajstić information content (AvgIpc) is 2.92. The number of primary amides is 1. The molecule has 0 heterocycles. The normalized spacial score (nSPS) is 16.8. The summed E-state index contributed by atoms with van der Waals surface area (Å²) in [5, 5.41) is 11.3. The number of rotatable bonds is 6. The second kappa shape index (κ2) is 4.29. The number of hydrogen-bond acceptors (Lipinski definition) is 3. The van der Waals surface area contributed by atoms with E-state index in [1.807, 2.05) is 0 Å². The Bertz CT molecular complexity index is 296. The fourth-order valence-corrected chi connectivity index (χ4v) is 1.30. The highest BCUT2D eigenvalue weighted by Gasteiger charge is 2.56. The van der Waals surface area contributed by atoms with Gasteiger partial charge in [-0.2, -0.15) is 0 Å². The van der Waals surface area contributed by atoms with Crippen molar-refractivity contribution < 1.29 is 19.5 Å². The fourth-order valence-electron chi connectivity index (χ4n) is 1.30. The lowest BCUT2D eigenvalue weighted by Crippen LogP contribution is -2.37. The fraction of sp³-hybridized carbons (Fsp3) is 0.667. The van der Waals surface area contributed by atoms with E-state index in [4.69, 9.17) is 10.8 Å². The summed E-state index contributed by atoms with van der Waals surface area (Å²) < 4.78 is 0. The molecular weight excluding hydrogens is 200 g/mol. The number of nitrogens with two attached hydrogens (primary N) is 1. The maximum absolute atomic E-state index is 11.4. The highest BCUT2D eigenvalue weighted by molar-refractivity contribution is 6.04. The van der Waals surface area contributed by atoms with Crippen LogP contribution in [0.3, 0.4) is 0 Å². The van der Waals surface area contributed by atoms with Gasteiger partial charge in [-0.15, -0.1) is 0 Å². The summed E-state index contributed by atoms with van der Waals surface area (Å²) in [5.41, 5.74) is 3.71. The minimum absolute atomic E-state index is 0.195. The van der Waals surface area contributed by atoms with Crippen molar-refractivity contribution in [1.82, 2.24) is 5.32 Å². The summed E-state index contributed by atoms with van der Waals surface area (Å²) in [6.07, 6.45) is 1.42. The number of carbonyl (C=O) groups excluding carboxylic acids is 2. The SMILES string of the molecule is NC(=O)CCCNC(=O)C1(C(=O)O)CC1. The number of amides is 2. The summed E-state index contributed by atoms with van der Waals surface area (Å²) in [7, 11) is 0. The van der Waals surface area contributed by atoms with Crippen LogP contribution in [0.5, 0.6) is 0 Å². The summed E-state index contributed by atoms with van der Waals surface area (Å²) >= 11 is 0. The molecule has 15 heavy (non-hydrogen) atoms. The van der Waals surface area contributed by atoms with Crippen LogP contribution in [0.4, 0.5) is 0 Å². The third-order valence-electron chi connectivity index (χ3n) is 2.48. The zero-order valence-electron chi connectivity index (χ0n) is 8.28. The first-order valence-corrected chi connectivity index (χ1v) is 4.79. The van der Waals surface area contributed by atoms with E-state index >= 15 is 0 Å². The van der Waals surface area contributed by atoms with Gasteiger partial charge < -0.3 is 16.2 Å². The highest BCUT2D eigenvalue weighted by Crippen LogP contribution is 2.45. The summed E-state index contributed by atoms with van der Waals surface area (Å²) in [6, 6.07) is 0. The van der Waals surface area contributed by atoms with E-state index in [0.29, 0.717) is 19.3 Å². The number of carboxylic acid groups (broad SMARTS) is 1. The van der Waals surface area contributed by atoms with E-state index in [1.165, 1.54) is 0 Å². The molecule has 84 valence electrons. The summed E-state index contributed by atoms with van der Waals surface area (Å²) in [5.74, 6) is -1.96. The zero-order valence-corrected chi connectivity index (χ0v) is 8.28. The van der Waals surface area contributed by atoms with E-state index in [0.717, 1.165) is 0 Å². The second-order valence-corrected chi connectivity index (χ2v) is 3.71. The number of nitrogens with one attached hydrogen (secondary N) is 1. The number of carbonyl (C=O) groups is 3. The minimum Gasteiger partial charge on any atom is -0.480 e. The molecule has 1 aliphatic carbocycles. The maximum Gasteiger partial charge on any atom is 0.319 e. The molecule has 0 aromatic rings. The molecule has 1 aliphatic rings. The first-order chi connectivity index (χ1) is 6.99. The molecule has 2 amide bonds. The lowest BCUT2D eigenvalue weighted by Gasteiger charge is -2.09. The second-order valence-electron chi connectivity index (χ2n) is 3.71. The van der Waals surface area contributed by atoms with Gasteiger partial charge in [0.2, 0.25) is 11.8 Å². The number of carboxylic acids is 1. The number of aliphatic carboxylic acids is 1. The Morgan fingerprint density at radius 3 is 2.33 bits per heavy atom. The van der Waals surface area contributed by atoms with Crippen LogP contribution in [0.15, 0.2) is 0 Å². The van der Waals surface area contributed by atoms with Crippen molar-refractivity contribution >= 4 is 17.8 Å². The van der Waals surface area contributed by atoms with E-state index in [2.05, 4.69) is 5.32 Å². The quantitative estimate of drug-likeness (QED) is 0.398. The molecule has 0 aromatic carbocycles. The van der Waals surface area contributed by atoms with Gasteiger partial charge in [-0.1, -0.05) is 0 Å². The van der Waals surface area contributed by atoms with Crippen molar-refractivity contribution in [3.8, 4) is 0 Å². The van der Waals surface area contributed by atoms with Gasteiger partial charge in [-0.25, -0.2) is 0 Å². The molecule has 1 fully saturated rings. The molecule has 4 N–H and O–H groups in total. The van der Waals surface area contributed by atoms with Gasteiger partial charge in [0.25, 0.3) is 0 Å². The van der Waals surface area contributed by atoms with Crippen molar-refractivity contribution in [3.63, 3.8) is 0 Å². The van der Waals surface area contributed by atoms with Crippen LogP contribution in [-0.2, 0) is 14.4 Å². The Kier molecular flexibility index (Phi) is 3.28. The van der Waals surface area contributed by atoms with Gasteiger partial charge in [0.15, 0.2) is 0 Å². The molecule has 0 saturated heterocycles. The van der Waals surface area contributed by atoms with Gasteiger partial charge >= 0.3 is 5.97 Å². The molecule has 0 unspecified atom stereocenters. The van der Waals surface area contributed by atoms with Crippen LogP contribution in [0.25, 0.3) is 0 Å². The Morgan fingerprint density at radius 2 is 1.93 bits per heavy atom. The molecule has 1 rings (SSSR count). The van der Waals surface area contributed by atoms with Crippen LogP contribution in [0.1, 0.15) is 25.7 Å². The van der Waals surface area contributed by atoms with Crippen LogP contribution in [-0.4, -0.2) is 29.4 Å². The molecule has 0 aromatic heterocycles. The van der Waals surface area contributed by atoms with Crippen molar-refractivity contribution in [2.24, 2.45) is 11.1 Å². The van der Waals surface area contributed by atoms with Crippen LogP contribution in [0.2, 0.25) is 0 Å². The van der Waals surface area contributed by atoms with Gasteiger partial charge in [0.1, 0.15) is 5.41 Å². The van der Waals surface area contributed by atoms with Crippen LogP contribution in [0, 0.1) is 5.41 Å². The molecule has 1 saturated carbocycles. The van der Waals surface area contributed by atoms with Gasteiger partial charge in [-0.05, 0) is 19.3 Å².